The predicted molar refractivity (Wildman–Crippen MR) is 104 cm³/mol. The van der Waals surface area contributed by atoms with Crippen molar-refractivity contribution in [2.24, 2.45) is 5.73 Å². The van der Waals surface area contributed by atoms with Gasteiger partial charge in [0.05, 0.1) is 0 Å². The molecule has 128 valence electrons. The molecule has 24 heavy (non-hydrogen) atoms. The van der Waals surface area contributed by atoms with Gasteiger partial charge in [0, 0.05) is 24.8 Å². The van der Waals surface area contributed by atoms with Gasteiger partial charge >= 0.3 is 0 Å². The minimum absolute atomic E-state index is 0.0777. The Hall–Kier alpha value is -1.80. The predicted octanol–water partition coefficient (Wildman–Crippen LogP) is 4.96. The van der Waals surface area contributed by atoms with E-state index in [1.807, 2.05) is 0 Å². The molecule has 2 aromatic rings. The molecule has 0 aliphatic carbocycles. The van der Waals surface area contributed by atoms with Gasteiger partial charge in [-0.3, -0.25) is 0 Å². The van der Waals surface area contributed by atoms with Gasteiger partial charge in [-0.1, -0.05) is 57.2 Å². The highest BCUT2D eigenvalue weighted by Gasteiger charge is 2.32. The van der Waals surface area contributed by atoms with E-state index in [2.05, 4.69) is 75.1 Å². The Morgan fingerprint density at radius 1 is 1.17 bits per heavy atom. The van der Waals surface area contributed by atoms with E-state index < -0.39 is 0 Å². The first-order valence-electron chi connectivity index (χ1n) is 9.14. The molecular formula is C22H30N2. The fourth-order valence-electron chi connectivity index (χ4n) is 3.82. The second-order valence-corrected chi connectivity index (χ2v) is 7.75. The van der Waals surface area contributed by atoms with E-state index in [0.29, 0.717) is 0 Å². The largest absolute Gasteiger partial charge is 0.367 e. The van der Waals surface area contributed by atoms with Gasteiger partial charge in [0.25, 0.3) is 0 Å². The molecule has 0 fully saturated rings. The summed E-state index contributed by atoms with van der Waals surface area (Å²) in [5.41, 5.74) is 13.4. The van der Waals surface area contributed by atoms with Crippen molar-refractivity contribution in [1.82, 2.24) is 0 Å². The minimum atomic E-state index is 0.0777. The molecule has 3 rings (SSSR count). The van der Waals surface area contributed by atoms with E-state index in [1.54, 1.807) is 0 Å². The Bertz CT molecular complexity index is 701. The maximum absolute atomic E-state index is 6.27. The van der Waals surface area contributed by atoms with Crippen molar-refractivity contribution in [1.29, 1.82) is 0 Å². The van der Waals surface area contributed by atoms with Gasteiger partial charge < -0.3 is 10.6 Å². The van der Waals surface area contributed by atoms with Crippen molar-refractivity contribution in [3.63, 3.8) is 0 Å². The number of hydrogen-bond acceptors (Lipinski definition) is 2. The summed E-state index contributed by atoms with van der Waals surface area (Å²) in [6.07, 6.45) is 2.23. The highest BCUT2D eigenvalue weighted by atomic mass is 15.1. The van der Waals surface area contributed by atoms with Gasteiger partial charge in [0.1, 0.15) is 0 Å². The van der Waals surface area contributed by atoms with Crippen LogP contribution in [0.4, 0.5) is 5.69 Å². The van der Waals surface area contributed by atoms with Gasteiger partial charge in [-0.2, -0.15) is 0 Å². The number of rotatable bonds is 4. The summed E-state index contributed by atoms with van der Waals surface area (Å²) in [5.74, 6) is 0. The van der Waals surface area contributed by atoms with Crippen molar-refractivity contribution in [3.8, 4) is 0 Å². The third-order valence-corrected chi connectivity index (χ3v) is 5.42. The third kappa shape index (κ3) is 3.21. The zero-order chi connectivity index (χ0) is 17.3. The smallest absolute Gasteiger partial charge is 0.0429 e. The molecule has 1 aliphatic heterocycles. The van der Waals surface area contributed by atoms with Crippen LogP contribution in [0.15, 0.2) is 42.5 Å². The fourth-order valence-corrected chi connectivity index (χ4v) is 3.82. The first-order chi connectivity index (χ1) is 11.4. The molecule has 2 aromatic carbocycles. The average molecular weight is 322 g/mol. The van der Waals surface area contributed by atoms with Crippen LogP contribution in [0.5, 0.6) is 0 Å². The minimum Gasteiger partial charge on any atom is -0.367 e. The Morgan fingerprint density at radius 3 is 2.50 bits per heavy atom. The summed E-state index contributed by atoms with van der Waals surface area (Å²) < 4.78 is 0. The number of hydrogen-bond donors (Lipinski definition) is 1. The molecule has 1 unspecified atom stereocenters. The highest BCUT2D eigenvalue weighted by molar-refractivity contribution is 5.63. The number of benzene rings is 2. The van der Waals surface area contributed by atoms with E-state index in [-0.39, 0.29) is 11.5 Å². The molecule has 2 nitrogen and oxygen atoms in total. The Balaban J connectivity index is 2.06. The number of nitrogens with zero attached hydrogens (tertiary/aromatic N) is 1. The van der Waals surface area contributed by atoms with Crippen LogP contribution in [-0.2, 0) is 18.4 Å². The molecule has 0 bridgehead atoms. The van der Waals surface area contributed by atoms with E-state index in [0.717, 1.165) is 19.5 Å². The summed E-state index contributed by atoms with van der Waals surface area (Å²) in [4.78, 5) is 2.53. The maximum Gasteiger partial charge on any atom is 0.0429 e. The summed E-state index contributed by atoms with van der Waals surface area (Å²) in [6.45, 7) is 11.1. The second kappa shape index (κ2) is 6.60. The summed E-state index contributed by atoms with van der Waals surface area (Å²) in [6, 6.07) is 15.6. The first-order valence-corrected chi connectivity index (χ1v) is 9.14. The quantitative estimate of drug-likeness (QED) is 0.862. The molecule has 0 saturated heterocycles. The molecule has 0 aromatic heterocycles. The molecule has 0 amide bonds. The van der Waals surface area contributed by atoms with Gasteiger partial charge in [-0.25, -0.2) is 0 Å². The van der Waals surface area contributed by atoms with Crippen LogP contribution in [-0.4, -0.2) is 6.54 Å². The topological polar surface area (TPSA) is 29.3 Å². The molecule has 0 spiro atoms. The number of anilines is 1. The molecule has 1 aliphatic rings. The molecule has 2 N–H and O–H groups in total. The SMILES string of the molecule is CCc1cc2c(cc1C(C)N)N(Cc1ccccc1)CCC2(C)C. The van der Waals surface area contributed by atoms with Gasteiger partial charge in [-0.15, -0.1) is 0 Å². The number of nitrogens with two attached hydrogens (primary N) is 1. The van der Waals surface area contributed by atoms with E-state index in [9.17, 15) is 0 Å². The monoisotopic (exact) mass is 322 g/mol. The van der Waals surface area contributed by atoms with Gasteiger partial charge in [-0.05, 0) is 53.5 Å². The molecule has 1 atom stereocenters. The van der Waals surface area contributed by atoms with Crippen molar-refractivity contribution >= 4 is 5.69 Å². The van der Waals surface area contributed by atoms with Crippen molar-refractivity contribution in [2.75, 3.05) is 11.4 Å². The third-order valence-electron chi connectivity index (χ3n) is 5.42. The van der Waals surface area contributed by atoms with Crippen LogP contribution in [0, 0.1) is 0 Å². The van der Waals surface area contributed by atoms with E-state index >= 15 is 0 Å². The van der Waals surface area contributed by atoms with Gasteiger partial charge in [0.2, 0.25) is 0 Å². The van der Waals surface area contributed by atoms with Crippen molar-refractivity contribution in [3.05, 3.63) is 64.7 Å². The van der Waals surface area contributed by atoms with Crippen LogP contribution < -0.4 is 10.6 Å². The summed E-state index contributed by atoms with van der Waals surface area (Å²) in [5, 5.41) is 0. The van der Waals surface area contributed by atoms with E-state index in [4.69, 9.17) is 5.73 Å². The van der Waals surface area contributed by atoms with Crippen molar-refractivity contribution in [2.45, 2.75) is 58.5 Å². The molecule has 0 radical (unpaired) electrons. The first kappa shape index (κ1) is 17.0. The lowest BCUT2D eigenvalue weighted by atomic mass is 9.75. The zero-order valence-corrected chi connectivity index (χ0v) is 15.5. The lowest BCUT2D eigenvalue weighted by molar-refractivity contribution is 0.451. The van der Waals surface area contributed by atoms with Crippen molar-refractivity contribution < 1.29 is 0 Å². The van der Waals surface area contributed by atoms with Crippen LogP contribution in [0.1, 0.15) is 62.4 Å². The number of aryl methyl sites for hydroxylation is 1. The Morgan fingerprint density at radius 2 is 1.88 bits per heavy atom. The second-order valence-electron chi connectivity index (χ2n) is 7.75. The summed E-state index contributed by atoms with van der Waals surface area (Å²) in [7, 11) is 0. The van der Waals surface area contributed by atoms with E-state index in [1.165, 1.54) is 34.4 Å². The average Bonchev–Trinajstić information content (AvgIpc) is 2.57. The molecular weight excluding hydrogens is 292 g/mol. The summed E-state index contributed by atoms with van der Waals surface area (Å²) >= 11 is 0. The lowest BCUT2D eigenvalue weighted by Crippen LogP contribution is -2.37. The zero-order valence-electron chi connectivity index (χ0n) is 15.5. The maximum atomic E-state index is 6.27. The molecule has 0 saturated carbocycles. The van der Waals surface area contributed by atoms with Crippen LogP contribution in [0.25, 0.3) is 0 Å². The van der Waals surface area contributed by atoms with Crippen LogP contribution in [0.3, 0.4) is 0 Å². The lowest BCUT2D eigenvalue weighted by Gasteiger charge is -2.41. The molecule has 1 heterocycles. The highest BCUT2D eigenvalue weighted by Crippen LogP contribution is 2.42. The van der Waals surface area contributed by atoms with Crippen LogP contribution in [0.2, 0.25) is 0 Å². The fraction of sp³-hybridized carbons (Fsp3) is 0.455. The normalized spacial score (nSPS) is 17.5. The number of fused-ring (bicyclic) bond motifs is 1. The standard InChI is InChI=1S/C22H30N2/c1-5-18-13-20-21(14-19(18)16(2)23)24(12-11-22(20,3)4)15-17-9-7-6-8-10-17/h6-10,13-14,16H,5,11-12,15,23H2,1-4H3. The Kier molecular flexibility index (Phi) is 4.69. The van der Waals surface area contributed by atoms with Crippen LogP contribution >= 0.6 is 0 Å². The molecule has 2 heteroatoms. The Labute approximate surface area is 146 Å². The van der Waals surface area contributed by atoms with Gasteiger partial charge in [0.15, 0.2) is 0 Å².